The average molecular weight is 278 g/mol. The zero-order chi connectivity index (χ0) is 14.4. The normalized spacial score (nSPS) is 50.6. The van der Waals surface area contributed by atoms with E-state index in [0.29, 0.717) is 0 Å². The molecule has 0 amide bonds. The number of carboxylic acids is 1. The summed E-state index contributed by atoms with van der Waals surface area (Å²) in [5, 5.41) is 47.6. The van der Waals surface area contributed by atoms with Crippen LogP contribution in [0.3, 0.4) is 0 Å². The van der Waals surface area contributed by atoms with Crippen LogP contribution in [-0.4, -0.2) is 74.4 Å². The molecule has 2 fully saturated rings. The van der Waals surface area contributed by atoms with E-state index in [2.05, 4.69) is 0 Å². The molecule has 0 aromatic carbocycles. The zero-order valence-corrected chi connectivity index (χ0v) is 10.3. The van der Waals surface area contributed by atoms with Crippen molar-refractivity contribution in [2.45, 2.75) is 49.7 Å². The molecule has 0 aliphatic carbocycles. The van der Waals surface area contributed by atoms with Gasteiger partial charge in [-0.25, -0.2) is 4.79 Å². The molecule has 0 spiro atoms. The highest BCUT2D eigenvalue weighted by Gasteiger charge is 2.57. The molecule has 2 aliphatic heterocycles. The summed E-state index contributed by atoms with van der Waals surface area (Å²) >= 11 is 0. The first-order valence-electron chi connectivity index (χ1n) is 6.07. The van der Waals surface area contributed by atoms with E-state index in [1.54, 1.807) is 0 Å². The van der Waals surface area contributed by atoms with Crippen LogP contribution in [0.4, 0.5) is 0 Å². The van der Waals surface area contributed by atoms with Crippen LogP contribution in [0.1, 0.15) is 13.3 Å². The van der Waals surface area contributed by atoms with Gasteiger partial charge >= 0.3 is 5.97 Å². The van der Waals surface area contributed by atoms with E-state index in [1.165, 1.54) is 6.92 Å². The number of aliphatic hydroxyl groups excluding tert-OH is 3. The van der Waals surface area contributed by atoms with E-state index in [-0.39, 0.29) is 6.42 Å². The molecule has 0 aromatic rings. The van der Waals surface area contributed by atoms with Crippen LogP contribution in [0.5, 0.6) is 0 Å². The summed E-state index contributed by atoms with van der Waals surface area (Å²) in [5.41, 5.74) is 0. The number of carbonyl (C=O) groups is 1. The van der Waals surface area contributed by atoms with Gasteiger partial charge in [0.15, 0.2) is 0 Å². The summed E-state index contributed by atoms with van der Waals surface area (Å²) in [5.74, 6) is -4.73. The van der Waals surface area contributed by atoms with Gasteiger partial charge in [-0.05, 0) is 6.42 Å². The Labute approximate surface area is 109 Å². The fourth-order valence-corrected chi connectivity index (χ4v) is 2.60. The van der Waals surface area contributed by atoms with Crippen molar-refractivity contribution in [2.24, 2.45) is 5.92 Å². The second-order valence-electron chi connectivity index (χ2n) is 5.10. The molecular weight excluding hydrogens is 260 g/mol. The van der Waals surface area contributed by atoms with Gasteiger partial charge in [-0.15, -0.1) is 0 Å². The molecule has 7 atom stereocenters. The summed E-state index contributed by atoms with van der Waals surface area (Å²) in [6, 6.07) is 0. The van der Waals surface area contributed by atoms with Gasteiger partial charge in [0, 0.05) is 5.92 Å². The largest absolute Gasteiger partial charge is 0.477 e. The van der Waals surface area contributed by atoms with Gasteiger partial charge in [0.05, 0.1) is 12.7 Å². The first-order valence-corrected chi connectivity index (χ1v) is 6.07. The maximum Gasteiger partial charge on any atom is 0.364 e. The highest BCUT2D eigenvalue weighted by atomic mass is 16.7. The number of carboxylic acid groups (broad SMARTS) is 1. The van der Waals surface area contributed by atoms with Gasteiger partial charge in [-0.3, -0.25) is 0 Å². The molecule has 110 valence electrons. The summed E-state index contributed by atoms with van der Waals surface area (Å²) in [4.78, 5) is 11.1. The molecule has 8 nitrogen and oxygen atoms in total. The quantitative estimate of drug-likeness (QED) is 0.379. The fraction of sp³-hybridized carbons (Fsp3) is 0.909. The molecule has 2 saturated heterocycles. The highest BCUT2D eigenvalue weighted by molar-refractivity contribution is 5.75. The molecule has 2 rings (SSSR count). The fourth-order valence-electron chi connectivity index (χ4n) is 2.60. The number of hydrogen-bond donors (Lipinski definition) is 5. The Kier molecular flexibility index (Phi) is 3.83. The van der Waals surface area contributed by atoms with Crippen LogP contribution < -0.4 is 0 Å². The van der Waals surface area contributed by atoms with Gasteiger partial charge in [0.2, 0.25) is 0 Å². The van der Waals surface area contributed by atoms with Crippen molar-refractivity contribution in [1.29, 1.82) is 0 Å². The molecule has 2 heterocycles. The van der Waals surface area contributed by atoms with Crippen molar-refractivity contribution in [1.82, 2.24) is 0 Å². The van der Waals surface area contributed by atoms with E-state index in [1.807, 2.05) is 0 Å². The lowest BCUT2D eigenvalue weighted by Crippen LogP contribution is -2.67. The number of fused-ring (bicyclic) bond motifs is 1. The lowest BCUT2D eigenvalue weighted by molar-refractivity contribution is -0.343. The molecule has 0 aromatic heterocycles. The summed E-state index contributed by atoms with van der Waals surface area (Å²) in [7, 11) is 0. The number of aliphatic carboxylic acids is 1. The smallest absolute Gasteiger partial charge is 0.364 e. The molecule has 0 radical (unpaired) electrons. The Morgan fingerprint density at radius 2 is 2.00 bits per heavy atom. The predicted octanol–water partition coefficient (Wildman–Crippen LogP) is -2.33. The number of hydrogen-bond acceptors (Lipinski definition) is 7. The monoisotopic (exact) mass is 278 g/mol. The summed E-state index contributed by atoms with van der Waals surface area (Å²) < 4.78 is 10.4. The second-order valence-corrected chi connectivity index (χ2v) is 5.10. The molecule has 19 heavy (non-hydrogen) atoms. The molecular formula is C11H18O8. The standard InChI is InChI=1S/C11H18O8/c1-4-2-5-9(19-11(4,17)10(15)16)8(14)7(13)6(3-12)18-5/h4-9,12-14,17H,2-3H2,1H3,(H,15,16)/t4-,5+,6-,7-,8+,9+,11-/m1/s1. The maximum atomic E-state index is 11.1. The van der Waals surface area contributed by atoms with Crippen LogP contribution >= 0.6 is 0 Å². The van der Waals surface area contributed by atoms with Crippen molar-refractivity contribution in [3.8, 4) is 0 Å². The molecule has 0 bridgehead atoms. The molecule has 8 heteroatoms. The summed E-state index contributed by atoms with van der Waals surface area (Å²) in [6.07, 6.45) is -5.51. The van der Waals surface area contributed by atoms with E-state index in [0.717, 1.165) is 0 Å². The molecule has 0 unspecified atom stereocenters. The van der Waals surface area contributed by atoms with Crippen LogP contribution in [0, 0.1) is 5.92 Å². The van der Waals surface area contributed by atoms with Gasteiger partial charge in [-0.2, -0.15) is 0 Å². The summed E-state index contributed by atoms with van der Waals surface area (Å²) in [6.45, 7) is 1.01. The molecule has 2 aliphatic rings. The van der Waals surface area contributed by atoms with E-state index >= 15 is 0 Å². The first-order chi connectivity index (χ1) is 8.81. The topological polar surface area (TPSA) is 137 Å². The van der Waals surface area contributed by atoms with Gasteiger partial charge in [0.25, 0.3) is 5.79 Å². The Bertz CT molecular complexity index is 361. The van der Waals surface area contributed by atoms with E-state index in [9.17, 15) is 20.1 Å². The van der Waals surface area contributed by atoms with Crippen molar-refractivity contribution in [3.05, 3.63) is 0 Å². The van der Waals surface area contributed by atoms with Crippen LogP contribution in [0.2, 0.25) is 0 Å². The SMILES string of the molecule is C[C@@H]1C[C@@H]2O[C@H](CO)[C@@H](O)[C@H](O)[C@H]2O[C@@]1(O)C(=O)O. The Hall–Kier alpha value is -0.770. The van der Waals surface area contributed by atoms with Crippen LogP contribution in [-0.2, 0) is 14.3 Å². The molecule has 5 N–H and O–H groups in total. The minimum Gasteiger partial charge on any atom is -0.477 e. The number of ether oxygens (including phenoxy) is 2. The van der Waals surface area contributed by atoms with Crippen LogP contribution in [0.25, 0.3) is 0 Å². The molecule has 0 saturated carbocycles. The Morgan fingerprint density at radius 1 is 1.37 bits per heavy atom. The van der Waals surface area contributed by atoms with Crippen LogP contribution in [0.15, 0.2) is 0 Å². The van der Waals surface area contributed by atoms with E-state index < -0.39 is 54.8 Å². The van der Waals surface area contributed by atoms with Crippen molar-refractivity contribution >= 4 is 5.97 Å². The minimum absolute atomic E-state index is 0.133. The predicted molar refractivity (Wildman–Crippen MR) is 59.0 cm³/mol. The van der Waals surface area contributed by atoms with E-state index in [4.69, 9.17) is 19.7 Å². The highest BCUT2D eigenvalue weighted by Crippen LogP contribution is 2.39. The third kappa shape index (κ3) is 2.24. The lowest BCUT2D eigenvalue weighted by Gasteiger charge is -2.49. The maximum absolute atomic E-state index is 11.1. The van der Waals surface area contributed by atoms with Gasteiger partial charge < -0.3 is 35.0 Å². The third-order valence-corrected chi connectivity index (χ3v) is 3.84. The minimum atomic E-state index is -2.42. The second kappa shape index (κ2) is 4.97. The van der Waals surface area contributed by atoms with Crippen molar-refractivity contribution in [2.75, 3.05) is 6.61 Å². The zero-order valence-electron chi connectivity index (χ0n) is 10.3. The number of rotatable bonds is 2. The van der Waals surface area contributed by atoms with Crippen molar-refractivity contribution < 1.29 is 39.8 Å². The first kappa shape index (κ1) is 14.6. The Morgan fingerprint density at radius 3 is 2.53 bits per heavy atom. The van der Waals surface area contributed by atoms with Crippen molar-refractivity contribution in [3.63, 3.8) is 0 Å². The van der Waals surface area contributed by atoms with Gasteiger partial charge in [-0.1, -0.05) is 6.92 Å². The average Bonchev–Trinajstić information content (AvgIpc) is 2.36. The van der Waals surface area contributed by atoms with Gasteiger partial charge in [0.1, 0.15) is 24.4 Å². The Balaban J connectivity index is 2.22. The number of aliphatic hydroxyl groups is 4. The lowest BCUT2D eigenvalue weighted by atomic mass is 9.83. The third-order valence-electron chi connectivity index (χ3n) is 3.84.